The fraction of sp³-hybridized carbons (Fsp3) is 0.300. The van der Waals surface area contributed by atoms with Gasteiger partial charge in [-0.3, -0.25) is 4.79 Å². The van der Waals surface area contributed by atoms with Crippen molar-refractivity contribution in [2.75, 3.05) is 5.73 Å². The smallest absolute Gasteiger partial charge is 0.136 e. The van der Waals surface area contributed by atoms with Crippen molar-refractivity contribution >= 4 is 11.5 Å². The SMILES string of the molecule is CCC(=O)Cc1ccc(N)cc1. The average molecular weight is 163 g/mol. The number of nitrogens with two attached hydrogens (primary N) is 1. The molecule has 0 bridgehead atoms. The Labute approximate surface area is 72.4 Å². The molecule has 0 aliphatic heterocycles. The van der Waals surface area contributed by atoms with Crippen LogP contribution in [0.1, 0.15) is 18.9 Å². The van der Waals surface area contributed by atoms with Gasteiger partial charge in [-0.05, 0) is 17.7 Å². The van der Waals surface area contributed by atoms with Crippen molar-refractivity contribution in [3.8, 4) is 0 Å². The third-order valence-corrected chi connectivity index (χ3v) is 1.78. The highest BCUT2D eigenvalue weighted by atomic mass is 16.1. The molecular formula is C10H13NO. The molecule has 1 aromatic carbocycles. The first-order chi connectivity index (χ1) is 5.72. The number of anilines is 1. The highest BCUT2D eigenvalue weighted by Gasteiger charge is 1.99. The lowest BCUT2D eigenvalue weighted by atomic mass is 10.1. The third kappa shape index (κ3) is 2.38. The van der Waals surface area contributed by atoms with E-state index in [0.29, 0.717) is 12.8 Å². The molecule has 2 heteroatoms. The standard InChI is InChI=1S/C10H13NO/c1-2-10(12)7-8-3-5-9(11)6-4-8/h3-6H,2,7,11H2,1H3. The van der Waals surface area contributed by atoms with Gasteiger partial charge in [0.1, 0.15) is 5.78 Å². The second-order valence-electron chi connectivity index (χ2n) is 2.81. The fourth-order valence-corrected chi connectivity index (χ4v) is 0.988. The lowest BCUT2D eigenvalue weighted by Gasteiger charge is -1.98. The lowest BCUT2D eigenvalue weighted by molar-refractivity contribution is -0.118. The van der Waals surface area contributed by atoms with E-state index in [0.717, 1.165) is 11.3 Å². The maximum absolute atomic E-state index is 11.0. The monoisotopic (exact) mass is 163 g/mol. The fourth-order valence-electron chi connectivity index (χ4n) is 0.988. The summed E-state index contributed by atoms with van der Waals surface area (Å²) in [5.41, 5.74) is 7.28. The van der Waals surface area contributed by atoms with Crippen molar-refractivity contribution in [3.05, 3.63) is 29.8 Å². The van der Waals surface area contributed by atoms with Gasteiger partial charge >= 0.3 is 0 Å². The van der Waals surface area contributed by atoms with Crippen LogP contribution in [-0.4, -0.2) is 5.78 Å². The van der Waals surface area contributed by atoms with Gasteiger partial charge in [-0.1, -0.05) is 19.1 Å². The van der Waals surface area contributed by atoms with E-state index in [2.05, 4.69) is 0 Å². The van der Waals surface area contributed by atoms with E-state index in [-0.39, 0.29) is 5.78 Å². The van der Waals surface area contributed by atoms with Gasteiger partial charge in [-0.2, -0.15) is 0 Å². The van der Waals surface area contributed by atoms with Crippen LogP contribution in [0.25, 0.3) is 0 Å². The zero-order valence-electron chi connectivity index (χ0n) is 7.21. The summed E-state index contributed by atoms with van der Waals surface area (Å²) in [6.07, 6.45) is 1.13. The zero-order valence-corrected chi connectivity index (χ0v) is 7.21. The first kappa shape index (κ1) is 8.78. The van der Waals surface area contributed by atoms with E-state index in [1.807, 2.05) is 31.2 Å². The maximum Gasteiger partial charge on any atom is 0.136 e. The molecule has 12 heavy (non-hydrogen) atoms. The van der Waals surface area contributed by atoms with E-state index in [1.54, 1.807) is 0 Å². The quantitative estimate of drug-likeness (QED) is 0.690. The van der Waals surface area contributed by atoms with E-state index in [1.165, 1.54) is 0 Å². The number of Topliss-reactive ketones (excluding diaryl/α,β-unsaturated/α-hetero) is 1. The van der Waals surface area contributed by atoms with Crippen LogP contribution in [0.5, 0.6) is 0 Å². The molecule has 0 aliphatic carbocycles. The van der Waals surface area contributed by atoms with Gasteiger partial charge in [-0.25, -0.2) is 0 Å². The Hall–Kier alpha value is -1.31. The summed E-state index contributed by atoms with van der Waals surface area (Å²) in [5, 5.41) is 0. The van der Waals surface area contributed by atoms with Crippen molar-refractivity contribution < 1.29 is 4.79 Å². The van der Waals surface area contributed by atoms with E-state index in [4.69, 9.17) is 5.73 Å². The molecule has 0 aromatic heterocycles. The maximum atomic E-state index is 11.0. The largest absolute Gasteiger partial charge is 0.399 e. The number of ketones is 1. The summed E-state index contributed by atoms with van der Waals surface area (Å²) in [4.78, 5) is 11.0. The van der Waals surface area contributed by atoms with Crippen LogP contribution in [0.4, 0.5) is 5.69 Å². The van der Waals surface area contributed by atoms with E-state index in [9.17, 15) is 4.79 Å². The molecule has 0 atom stereocenters. The minimum atomic E-state index is 0.264. The van der Waals surface area contributed by atoms with Crippen molar-refractivity contribution in [1.29, 1.82) is 0 Å². The van der Waals surface area contributed by atoms with Crippen molar-refractivity contribution in [2.24, 2.45) is 0 Å². The van der Waals surface area contributed by atoms with Crippen LogP contribution in [0.2, 0.25) is 0 Å². The normalized spacial score (nSPS) is 9.75. The molecule has 0 aliphatic rings. The number of carbonyl (C=O) groups excluding carboxylic acids is 1. The second kappa shape index (κ2) is 3.90. The summed E-state index contributed by atoms with van der Waals surface area (Å²) in [5.74, 6) is 0.264. The summed E-state index contributed by atoms with van der Waals surface area (Å²) in [7, 11) is 0. The first-order valence-electron chi connectivity index (χ1n) is 4.08. The molecule has 1 rings (SSSR count). The number of rotatable bonds is 3. The Morgan fingerprint density at radius 3 is 2.42 bits per heavy atom. The van der Waals surface area contributed by atoms with Crippen LogP contribution < -0.4 is 5.73 Å². The molecule has 0 amide bonds. The zero-order chi connectivity index (χ0) is 8.97. The van der Waals surface area contributed by atoms with E-state index < -0.39 is 0 Å². The molecule has 0 heterocycles. The molecule has 0 saturated heterocycles. The molecule has 0 spiro atoms. The Morgan fingerprint density at radius 2 is 1.92 bits per heavy atom. The molecular weight excluding hydrogens is 150 g/mol. The second-order valence-corrected chi connectivity index (χ2v) is 2.81. The number of nitrogen functional groups attached to an aromatic ring is 1. The average Bonchev–Trinajstić information content (AvgIpc) is 2.09. The van der Waals surface area contributed by atoms with E-state index >= 15 is 0 Å². The summed E-state index contributed by atoms with van der Waals surface area (Å²) in [6, 6.07) is 7.42. The van der Waals surface area contributed by atoms with Gasteiger partial charge < -0.3 is 5.73 Å². The van der Waals surface area contributed by atoms with Crippen molar-refractivity contribution in [2.45, 2.75) is 19.8 Å². The molecule has 0 fully saturated rings. The van der Waals surface area contributed by atoms with Crippen molar-refractivity contribution in [3.63, 3.8) is 0 Å². The van der Waals surface area contributed by atoms with Crippen LogP contribution in [-0.2, 0) is 11.2 Å². The van der Waals surface area contributed by atoms with Crippen LogP contribution in [0, 0.1) is 0 Å². The number of hydrogen-bond acceptors (Lipinski definition) is 2. The minimum absolute atomic E-state index is 0.264. The summed E-state index contributed by atoms with van der Waals surface area (Å²) < 4.78 is 0. The highest BCUT2D eigenvalue weighted by molar-refractivity contribution is 5.80. The predicted octanol–water partition coefficient (Wildman–Crippen LogP) is 1.79. The number of benzene rings is 1. The highest BCUT2D eigenvalue weighted by Crippen LogP contribution is 2.06. The van der Waals surface area contributed by atoms with Crippen LogP contribution >= 0.6 is 0 Å². The third-order valence-electron chi connectivity index (χ3n) is 1.78. The van der Waals surface area contributed by atoms with Crippen molar-refractivity contribution in [1.82, 2.24) is 0 Å². The molecule has 0 saturated carbocycles. The Bertz CT molecular complexity index is 264. The van der Waals surface area contributed by atoms with Gasteiger partial charge in [0, 0.05) is 18.5 Å². The lowest BCUT2D eigenvalue weighted by Crippen LogP contribution is -2.00. The molecule has 0 radical (unpaired) electrons. The minimum Gasteiger partial charge on any atom is -0.399 e. The van der Waals surface area contributed by atoms with Gasteiger partial charge in [0.05, 0.1) is 0 Å². The summed E-state index contributed by atoms with van der Waals surface area (Å²) >= 11 is 0. The number of carbonyl (C=O) groups is 1. The molecule has 1 aromatic rings. The van der Waals surface area contributed by atoms with Gasteiger partial charge in [-0.15, -0.1) is 0 Å². The Balaban J connectivity index is 2.64. The van der Waals surface area contributed by atoms with Gasteiger partial charge in [0.2, 0.25) is 0 Å². The molecule has 2 nitrogen and oxygen atoms in total. The molecule has 64 valence electrons. The first-order valence-corrected chi connectivity index (χ1v) is 4.08. The summed E-state index contributed by atoms with van der Waals surface area (Å²) in [6.45, 7) is 1.87. The number of hydrogen-bond donors (Lipinski definition) is 1. The van der Waals surface area contributed by atoms with Gasteiger partial charge in [0.15, 0.2) is 0 Å². The Kier molecular flexibility index (Phi) is 2.86. The van der Waals surface area contributed by atoms with Crippen LogP contribution in [0.3, 0.4) is 0 Å². The van der Waals surface area contributed by atoms with Gasteiger partial charge in [0.25, 0.3) is 0 Å². The van der Waals surface area contributed by atoms with Crippen LogP contribution in [0.15, 0.2) is 24.3 Å². The topological polar surface area (TPSA) is 43.1 Å². The molecule has 2 N–H and O–H groups in total. The Morgan fingerprint density at radius 1 is 1.33 bits per heavy atom. The predicted molar refractivity (Wildman–Crippen MR) is 49.9 cm³/mol. The molecule has 0 unspecified atom stereocenters.